The molecule has 0 heterocycles. The van der Waals surface area contributed by atoms with Crippen molar-refractivity contribution < 1.29 is 19.0 Å². The molecule has 2 aliphatic carbocycles. The summed E-state index contributed by atoms with van der Waals surface area (Å²) in [7, 11) is 0. The van der Waals surface area contributed by atoms with Gasteiger partial charge in [0, 0.05) is 0 Å². The van der Waals surface area contributed by atoms with Crippen molar-refractivity contribution in [3.63, 3.8) is 0 Å². The van der Waals surface area contributed by atoms with Crippen molar-refractivity contribution in [2.24, 2.45) is 11.8 Å². The van der Waals surface area contributed by atoms with Gasteiger partial charge in [-0.3, -0.25) is 0 Å². The molecule has 1 aromatic rings. The van der Waals surface area contributed by atoms with Crippen molar-refractivity contribution in [2.75, 3.05) is 0 Å². The van der Waals surface area contributed by atoms with Gasteiger partial charge >= 0.3 is 5.97 Å². The summed E-state index contributed by atoms with van der Waals surface area (Å²) in [5.74, 6) is -0.245. The normalized spacial score (nSPS) is 29.5. The van der Waals surface area contributed by atoms with Crippen molar-refractivity contribution in [3.8, 4) is 5.75 Å². The van der Waals surface area contributed by atoms with Gasteiger partial charge in [0.2, 0.25) is 0 Å². The van der Waals surface area contributed by atoms with Gasteiger partial charge in [0.15, 0.2) is 11.6 Å². The molecule has 4 heteroatoms. The Morgan fingerprint density at radius 1 is 1.33 bits per heavy atom. The summed E-state index contributed by atoms with van der Waals surface area (Å²) in [4.78, 5) is 10.7. The number of carboxylic acid groups (broad SMARTS) is 1. The summed E-state index contributed by atoms with van der Waals surface area (Å²) < 4.78 is 19.4. The van der Waals surface area contributed by atoms with E-state index in [1.165, 1.54) is 31.4 Å². The molecule has 1 N–H and O–H groups in total. The summed E-state index contributed by atoms with van der Waals surface area (Å²) in [5.41, 5.74) is -0.0483. The second-order valence-corrected chi connectivity index (χ2v) is 5.28. The number of fused-ring (bicyclic) bond motifs is 2. The number of rotatable bonds is 3. The topological polar surface area (TPSA) is 46.5 Å². The minimum Gasteiger partial charge on any atom is -0.487 e. The molecule has 3 unspecified atom stereocenters. The number of hydrogen-bond donors (Lipinski definition) is 1. The fourth-order valence-corrected chi connectivity index (χ4v) is 3.22. The molecule has 2 aliphatic rings. The third kappa shape index (κ3) is 1.96. The molecule has 3 atom stereocenters. The van der Waals surface area contributed by atoms with Gasteiger partial charge in [0.25, 0.3) is 0 Å². The van der Waals surface area contributed by atoms with E-state index in [1.807, 2.05) is 0 Å². The molecule has 3 nitrogen and oxygen atoms in total. The average Bonchev–Trinajstić information content (AvgIpc) is 2.93. The summed E-state index contributed by atoms with van der Waals surface area (Å²) in [6.07, 6.45) is 4.74. The molecule has 0 aliphatic heterocycles. The monoisotopic (exact) mass is 250 g/mol. The van der Waals surface area contributed by atoms with Crippen LogP contribution in [0.3, 0.4) is 0 Å². The second-order valence-electron chi connectivity index (χ2n) is 5.28. The molecule has 1 aromatic carbocycles. The predicted octanol–water partition coefficient (Wildman–Crippen LogP) is 3.09. The van der Waals surface area contributed by atoms with E-state index in [9.17, 15) is 9.18 Å². The zero-order valence-corrected chi connectivity index (χ0v) is 9.93. The highest BCUT2D eigenvalue weighted by Gasteiger charge is 2.41. The lowest BCUT2D eigenvalue weighted by molar-refractivity contribution is 0.0696. The van der Waals surface area contributed by atoms with Crippen molar-refractivity contribution in [1.82, 2.24) is 0 Å². The van der Waals surface area contributed by atoms with Crippen molar-refractivity contribution in [1.29, 1.82) is 0 Å². The van der Waals surface area contributed by atoms with Crippen molar-refractivity contribution in [2.45, 2.75) is 31.8 Å². The summed E-state index contributed by atoms with van der Waals surface area (Å²) in [6, 6.07) is 3.82. The first-order chi connectivity index (χ1) is 8.63. The summed E-state index contributed by atoms with van der Waals surface area (Å²) >= 11 is 0. The van der Waals surface area contributed by atoms with Crippen LogP contribution in [0.5, 0.6) is 5.75 Å². The molecule has 0 radical (unpaired) electrons. The van der Waals surface area contributed by atoms with Crippen LogP contribution in [0.4, 0.5) is 4.39 Å². The molecule has 0 spiro atoms. The molecular weight excluding hydrogens is 235 g/mol. The number of hydrogen-bond acceptors (Lipinski definition) is 2. The van der Waals surface area contributed by atoms with Crippen LogP contribution in [0.2, 0.25) is 0 Å². The molecule has 0 aromatic heterocycles. The number of benzene rings is 1. The third-order valence-corrected chi connectivity index (χ3v) is 4.13. The number of halogens is 1. The first-order valence-electron chi connectivity index (χ1n) is 6.33. The minimum atomic E-state index is -1.12. The Kier molecular flexibility index (Phi) is 2.73. The lowest BCUT2D eigenvalue weighted by Crippen LogP contribution is -2.23. The maximum absolute atomic E-state index is 13.7. The van der Waals surface area contributed by atoms with E-state index in [0.29, 0.717) is 5.92 Å². The Morgan fingerprint density at radius 2 is 2.17 bits per heavy atom. The predicted molar refractivity (Wildman–Crippen MR) is 63.2 cm³/mol. The van der Waals surface area contributed by atoms with Gasteiger partial charge in [-0.1, -0.05) is 0 Å². The van der Waals surface area contributed by atoms with Gasteiger partial charge in [0.1, 0.15) is 6.10 Å². The van der Waals surface area contributed by atoms with Gasteiger partial charge in [-0.05, 0) is 55.7 Å². The quantitative estimate of drug-likeness (QED) is 0.896. The highest BCUT2D eigenvalue weighted by atomic mass is 19.1. The van der Waals surface area contributed by atoms with Gasteiger partial charge in [-0.15, -0.1) is 0 Å². The van der Waals surface area contributed by atoms with Crippen LogP contribution in [0.25, 0.3) is 0 Å². The van der Waals surface area contributed by atoms with E-state index in [-0.39, 0.29) is 17.4 Å². The summed E-state index contributed by atoms with van der Waals surface area (Å²) in [5, 5.41) is 8.76. The molecule has 0 amide bonds. The summed E-state index contributed by atoms with van der Waals surface area (Å²) in [6.45, 7) is 0. The maximum atomic E-state index is 13.7. The van der Waals surface area contributed by atoms with Crippen molar-refractivity contribution in [3.05, 3.63) is 29.6 Å². The second kappa shape index (κ2) is 4.26. The highest BCUT2D eigenvalue weighted by Crippen LogP contribution is 2.46. The molecule has 3 rings (SSSR count). The van der Waals surface area contributed by atoms with Gasteiger partial charge in [-0.25, -0.2) is 9.18 Å². The van der Waals surface area contributed by atoms with Crippen LogP contribution in [-0.4, -0.2) is 17.2 Å². The first kappa shape index (κ1) is 11.5. The Labute approximate surface area is 105 Å². The highest BCUT2D eigenvalue weighted by molar-refractivity contribution is 5.87. The van der Waals surface area contributed by atoms with Crippen LogP contribution >= 0.6 is 0 Å². The first-order valence-corrected chi connectivity index (χ1v) is 6.33. The molecular formula is C14H15FO3. The van der Waals surface area contributed by atoms with E-state index in [4.69, 9.17) is 9.84 Å². The Balaban J connectivity index is 1.75. The van der Waals surface area contributed by atoms with Gasteiger partial charge in [-0.2, -0.15) is 0 Å². The number of ether oxygens (including phenoxy) is 1. The third-order valence-electron chi connectivity index (χ3n) is 4.13. The lowest BCUT2D eigenvalue weighted by Gasteiger charge is -2.23. The lowest BCUT2D eigenvalue weighted by atomic mass is 9.98. The number of carbonyl (C=O) groups is 1. The van der Waals surface area contributed by atoms with Crippen LogP contribution in [0.15, 0.2) is 18.2 Å². The molecule has 96 valence electrons. The van der Waals surface area contributed by atoms with Gasteiger partial charge < -0.3 is 9.84 Å². The van der Waals surface area contributed by atoms with Crippen LogP contribution in [0, 0.1) is 17.7 Å². The fraction of sp³-hybridized carbons (Fsp3) is 0.500. The average molecular weight is 250 g/mol. The Hall–Kier alpha value is -1.58. The SMILES string of the molecule is O=C(O)c1ccc(OC2CC3CCC2C3)c(F)c1. The number of aromatic carboxylic acids is 1. The van der Waals surface area contributed by atoms with Gasteiger partial charge in [0.05, 0.1) is 5.56 Å². The zero-order valence-electron chi connectivity index (χ0n) is 9.93. The molecule has 2 fully saturated rings. The van der Waals surface area contributed by atoms with E-state index >= 15 is 0 Å². The Bertz CT molecular complexity index is 486. The molecule has 18 heavy (non-hydrogen) atoms. The van der Waals surface area contributed by atoms with Crippen LogP contribution in [-0.2, 0) is 0 Å². The Morgan fingerprint density at radius 3 is 2.72 bits per heavy atom. The molecule has 2 bridgehead atoms. The van der Waals surface area contributed by atoms with E-state index in [2.05, 4.69) is 0 Å². The fourth-order valence-electron chi connectivity index (χ4n) is 3.22. The molecule has 0 saturated heterocycles. The van der Waals surface area contributed by atoms with E-state index in [1.54, 1.807) is 0 Å². The number of carboxylic acids is 1. The zero-order chi connectivity index (χ0) is 12.7. The molecule has 2 saturated carbocycles. The minimum absolute atomic E-state index is 0.0483. The maximum Gasteiger partial charge on any atom is 0.335 e. The van der Waals surface area contributed by atoms with E-state index in [0.717, 1.165) is 18.4 Å². The smallest absolute Gasteiger partial charge is 0.335 e. The largest absolute Gasteiger partial charge is 0.487 e. The standard InChI is InChI=1S/C14H15FO3/c15-11-7-10(14(16)17)3-4-12(11)18-13-6-8-1-2-9(13)5-8/h3-4,7-9,13H,1-2,5-6H2,(H,16,17). The van der Waals surface area contributed by atoms with E-state index < -0.39 is 11.8 Å². The van der Waals surface area contributed by atoms with Crippen molar-refractivity contribution >= 4 is 5.97 Å². The van der Waals surface area contributed by atoms with Crippen LogP contribution < -0.4 is 4.74 Å². The van der Waals surface area contributed by atoms with Crippen LogP contribution in [0.1, 0.15) is 36.0 Å².